The van der Waals surface area contributed by atoms with Crippen molar-refractivity contribution in [2.24, 2.45) is 11.8 Å². The normalized spacial score (nSPS) is 22.2. The van der Waals surface area contributed by atoms with Crippen LogP contribution in [0.4, 0.5) is 14.5 Å². The number of hydrogen-bond donors (Lipinski definition) is 1. The van der Waals surface area contributed by atoms with E-state index in [-0.39, 0.29) is 29.9 Å². The van der Waals surface area contributed by atoms with Crippen LogP contribution in [0.5, 0.6) is 0 Å². The molecule has 1 unspecified atom stereocenters. The van der Waals surface area contributed by atoms with Crippen LogP contribution in [0.2, 0.25) is 5.02 Å². The number of carbonyl (C=O) groups is 2. The van der Waals surface area contributed by atoms with Crippen LogP contribution >= 0.6 is 11.6 Å². The number of amides is 1. The third-order valence-electron chi connectivity index (χ3n) is 4.78. The maximum atomic E-state index is 14.9. The minimum atomic E-state index is -1.20. The molecule has 0 aromatic heterocycles. The van der Waals surface area contributed by atoms with Crippen molar-refractivity contribution >= 4 is 29.0 Å². The zero-order valence-corrected chi connectivity index (χ0v) is 14.9. The van der Waals surface area contributed by atoms with Gasteiger partial charge in [-0.2, -0.15) is 0 Å². The number of carbonyl (C=O) groups excluding carboxylic acids is 2. The Morgan fingerprint density at radius 2 is 1.69 bits per heavy atom. The molecule has 2 aromatic rings. The highest BCUT2D eigenvalue weighted by molar-refractivity contribution is 6.33. The zero-order chi connectivity index (χ0) is 18.8. The summed E-state index contributed by atoms with van der Waals surface area (Å²) in [4.78, 5) is 24.2. The molecule has 0 saturated heterocycles. The van der Waals surface area contributed by atoms with E-state index in [0.717, 1.165) is 0 Å². The molecule has 0 heterocycles. The van der Waals surface area contributed by atoms with Crippen molar-refractivity contribution in [2.45, 2.75) is 25.9 Å². The molecule has 26 heavy (non-hydrogen) atoms. The molecule has 136 valence electrons. The quantitative estimate of drug-likeness (QED) is 0.811. The summed E-state index contributed by atoms with van der Waals surface area (Å²) in [5.41, 5.74) is 0.748. The van der Waals surface area contributed by atoms with Crippen LogP contribution in [0.25, 0.3) is 11.1 Å². The van der Waals surface area contributed by atoms with Gasteiger partial charge < -0.3 is 5.32 Å². The van der Waals surface area contributed by atoms with Crippen molar-refractivity contribution in [3.63, 3.8) is 0 Å². The number of anilines is 1. The first-order valence-electron chi connectivity index (χ1n) is 8.37. The van der Waals surface area contributed by atoms with E-state index in [1.165, 1.54) is 13.0 Å². The molecule has 0 radical (unpaired) electrons. The molecule has 6 heteroatoms. The van der Waals surface area contributed by atoms with Crippen molar-refractivity contribution in [1.82, 2.24) is 0 Å². The molecule has 1 aliphatic rings. The first-order chi connectivity index (χ1) is 12.4. The van der Waals surface area contributed by atoms with Gasteiger partial charge in [-0.25, -0.2) is 8.78 Å². The van der Waals surface area contributed by atoms with E-state index in [2.05, 4.69) is 5.32 Å². The van der Waals surface area contributed by atoms with Crippen LogP contribution in [-0.4, -0.2) is 17.9 Å². The van der Waals surface area contributed by atoms with E-state index in [1.807, 2.05) is 0 Å². The Labute approximate surface area is 155 Å². The van der Waals surface area contributed by atoms with Gasteiger partial charge in [0, 0.05) is 22.1 Å². The molecule has 1 N–H and O–H groups in total. The topological polar surface area (TPSA) is 46.2 Å². The summed E-state index contributed by atoms with van der Waals surface area (Å²) in [5, 5.41) is 2.90. The van der Waals surface area contributed by atoms with Gasteiger partial charge in [0.2, 0.25) is 5.91 Å². The lowest BCUT2D eigenvalue weighted by molar-refractivity contribution is -0.128. The van der Waals surface area contributed by atoms with E-state index >= 15 is 0 Å². The average molecular weight is 378 g/mol. The second-order valence-corrected chi connectivity index (χ2v) is 6.94. The molecule has 0 spiro atoms. The average Bonchev–Trinajstić information content (AvgIpc) is 3.00. The third-order valence-corrected chi connectivity index (χ3v) is 5.11. The molecular formula is C20H18ClF2NO2. The van der Waals surface area contributed by atoms with Crippen LogP contribution in [0, 0.1) is 17.7 Å². The smallest absolute Gasteiger partial charge is 0.228 e. The number of hydrogen-bond acceptors (Lipinski definition) is 2. The van der Waals surface area contributed by atoms with Gasteiger partial charge in [0.1, 0.15) is 12.0 Å². The number of benzene rings is 2. The molecule has 1 amide bonds. The Morgan fingerprint density at radius 3 is 2.38 bits per heavy atom. The van der Waals surface area contributed by atoms with Gasteiger partial charge in [0.25, 0.3) is 0 Å². The number of nitrogens with one attached hydrogen (secondary N) is 1. The molecule has 3 rings (SSSR count). The summed E-state index contributed by atoms with van der Waals surface area (Å²) >= 11 is 6.13. The van der Waals surface area contributed by atoms with E-state index in [1.54, 1.807) is 36.4 Å². The standard InChI is InChI=1S/C20H18ClF2NO2/c1-11(25)15-9-12(22)10-16(15)20(26)24-18-8-4-6-14(19(18)23)13-5-2-3-7-17(13)21/h2-8,12,15-16H,9-10H2,1H3,(H,24,26)/t12-,15-,16?/m0/s1. The van der Waals surface area contributed by atoms with Crippen molar-refractivity contribution in [3.8, 4) is 11.1 Å². The summed E-state index contributed by atoms with van der Waals surface area (Å²) in [6.45, 7) is 1.35. The monoisotopic (exact) mass is 377 g/mol. The molecule has 1 fully saturated rings. The number of ketones is 1. The summed E-state index contributed by atoms with van der Waals surface area (Å²) in [6, 6.07) is 11.4. The predicted octanol–water partition coefficient (Wildman–Crippen LogP) is 5.04. The second-order valence-electron chi connectivity index (χ2n) is 6.53. The number of Topliss-reactive ketones (excluding diaryl/α,β-unsaturated/α-hetero) is 1. The Balaban J connectivity index is 1.87. The minimum Gasteiger partial charge on any atom is -0.323 e. The number of rotatable bonds is 4. The molecule has 2 aromatic carbocycles. The largest absolute Gasteiger partial charge is 0.323 e. The fourth-order valence-corrected chi connectivity index (χ4v) is 3.69. The highest BCUT2D eigenvalue weighted by atomic mass is 35.5. The number of halogens is 3. The van der Waals surface area contributed by atoms with Gasteiger partial charge in [-0.15, -0.1) is 0 Å². The summed E-state index contributed by atoms with van der Waals surface area (Å²) < 4.78 is 28.6. The Hall–Kier alpha value is -2.27. The molecule has 1 aliphatic carbocycles. The van der Waals surface area contributed by atoms with Gasteiger partial charge in [0.15, 0.2) is 5.82 Å². The maximum Gasteiger partial charge on any atom is 0.228 e. The first kappa shape index (κ1) is 18.5. The van der Waals surface area contributed by atoms with Gasteiger partial charge >= 0.3 is 0 Å². The molecule has 3 nitrogen and oxygen atoms in total. The van der Waals surface area contributed by atoms with E-state index in [9.17, 15) is 18.4 Å². The SMILES string of the molecule is CC(=O)[C@@H]1C[C@H](F)CC1C(=O)Nc1cccc(-c2ccccc2Cl)c1F. The molecule has 0 aliphatic heterocycles. The van der Waals surface area contributed by atoms with E-state index in [0.29, 0.717) is 10.6 Å². The lowest BCUT2D eigenvalue weighted by Gasteiger charge is -2.17. The van der Waals surface area contributed by atoms with Crippen molar-refractivity contribution in [3.05, 3.63) is 53.3 Å². The zero-order valence-electron chi connectivity index (χ0n) is 14.1. The second kappa shape index (κ2) is 7.54. The fraction of sp³-hybridized carbons (Fsp3) is 0.300. The van der Waals surface area contributed by atoms with Crippen LogP contribution < -0.4 is 5.32 Å². The van der Waals surface area contributed by atoms with Gasteiger partial charge in [-0.05, 0) is 31.9 Å². The predicted molar refractivity (Wildman–Crippen MR) is 97.3 cm³/mol. The minimum absolute atomic E-state index is 0.0166. The molecule has 3 atom stereocenters. The lowest BCUT2D eigenvalue weighted by Crippen LogP contribution is -2.29. The van der Waals surface area contributed by atoms with Crippen molar-refractivity contribution < 1.29 is 18.4 Å². The van der Waals surface area contributed by atoms with Crippen LogP contribution in [0.3, 0.4) is 0 Å². The summed E-state index contributed by atoms with van der Waals surface area (Å²) in [6.07, 6.45) is -1.18. The highest BCUT2D eigenvalue weighted by Crippen LogP contribution is 2.37. The van der Waals surface area contributed by atoms with Gasteiger partial charge in [0.05, 0.1) is 11.6 Å². The fourth-order valence-electron chi connectivity index (χ4n) is 3.46. The molecule has 1 saturated carbocycles. The van der Waals surface area contributed by atoms with Crippen molar-refractivity contribution in [1.29, 1.82) is 0 Å². The van der Waals surface area contributed by atoms with Crippen LogP contribution in [-0.2, 0) is 9.59 Å². The molecular weight excluding hydrogens is 360 g/mol. The third kappa shape index (κ3) is 3.63. The van der Waals surface area contributed by atoms with E-state index < -0.39 is 29.7 Å². The van der Waals surface area contributed by atoms with Crippen LogP contribution in [0.15, 0.2) is 42.5 Å². The number of alkyl halides is 1. The molecule has 0 bridgehead atoms. The summed E-state index contributed by atoms with van der Waals surface area (Å²) in [7, 11) is 0. The summed E-state index contributed by atoms with van der Waals surface area (Å²) in [5.74, 6) is -2.84. The Morgan fingerprint density at radius 1 is 1.04 bits per heavy atom. The van der Waals surface area contributed by atoms with Crippen molar-refractivity contribution in [2.75, 3.05) is 5.32 Å². The van der Waals surface area contributed by atoms with E-state index in [4.69, 9.17) is 11.6 Å². The van der Waals surface area contributed by atoms with Gasteiger partial charge in [-0.3, -0.25) is 9.59 Å². The van der Waals surface area contributed by atoms with Gasteiger partial charge in [-0.1, -0.05) is 41.9 Å². The Bertz CT molecular complexity index is 855. The lowest BCUT2D eigenvalue weighted by atomic mass is 9.92. The maximum absolute atomic E-state index is 14.9. The highest BCUT2D eigenvalue weighted by Gasteiger charge is 2.41. The Kier molecular flexibility index (Phi) is 5.37. The van der Waals surface area contributed by atoms with Crippen LogP contribution in [0.1, 0.15) is 19.8 Å². The first-order valence-corrected chi connectivity index (χ1v) is 8.75.